The van der Waals surface area contributed by atoms with E-state index in [1.807, 2.05) is 50.2 Å². The predicted molar refractivity (Wildman–Crippen MR) is 84.2 cm³/mol. The lowest BCUT2D eigenvalue weighted by Crippen LogP contribution is -2.28. The van der Waals surface area contributed by atoms with Crippen LogP contribution in [0.5, 0.6) is 0 Å². The monoisotopic (exact) mass is 337 g/mol. The van der Waals surface area contributed by atoms with Gasteiger partial charge < -0.3 is 5.32 Å². The van der Waals surface area contributed by atoms with Crippen LogP contribution >= 0.6 is 27.3 Å². The number of amides is 1. The molecule has 2 nitrogen and oxygen atoms in total. The first-order valence-corrected chi connectivity index (χ1v) is 8.04. The third-order valence-electron chi connectivity index (χ3n) is 3.05. The quantitative estimate of drug-likeness (QED) is 0.831. The van der Waals surface area contributed by atoms with Gasteiger partial charge in [-0.25, -0.2) is 0 Å². The molecular formula is C15H16BrNOS. The summed E-state index contributed by atoms with van der Waals surface area (Å²) in [7, 11) is 0. The summed E-state index contributed by atoms with van der Waals surface area (Å²) in [5.41, 5.74) is 2.28. The van der Waals surface area contributed by atoms with Crippen molar-refractivity contribution in [2.75, 3.05) is 5.33 Å². The van der Waals surface area contributed by atoms with Crippen molar-refractivity contribution in [2.45, 2.75) is 19.9 Å². The fourth-order valence-corrected chi connectivity index (χ4v) is 3.28. The molecule has 1 atom stereocenters. The number of rotatable bonds is 4. The Bertz CT molecular complexity index is 545. The average molecular weight is 338 g/mol. The molecule has 0 aliphatic rings. The molecule has 0 radical (unpaired) electrons. The molecule has 0 saturated carbocycles. The summed E-state index contributed by atoms with van der Waals surface area (Å²) in [5, 5.41) is 3.76. The molecule has 1 unspecified atom stereocenters. The number of halogens is 1. The first kappa shape index (κ1) is 14.3. The Labute approximate surface area is 126 Å². The van der Waals surface area contributed by atoms with Crippen molar-refractivity contribution in [2.24, 2.45) is 0 Å². The summed E-state index contributed by atoms with van der Waals surface area (Å²) in [6.45, 7) is 4.07. The first-order valence-electron chi connectivity index (χ1n) is 6.10. The summed E-state index contributed by atoms with van der Waals surface area (Å²) in [6.07, 6.45) is 0. The normalized spacial score (nSPS) is 12.2. The number of carbonyl (C=O) groups is 1. The van der Waals surface area contributed by atoms with Gasteiger partial charge in [0.05, 0.1) is 10.9 Å². The van der Waals surface area contributed by atoms with Crippen LogP contribution in [0.15, 0.2) is 36.4 Å². The van der Waals surface area contributed by atoms with E-state index in [-0.39, 0.29) is 11.9 Å². The molecule has 100 valence electrons. The third kappa shape index (κ3) is 3.45. The van der Waals surface area contributed by atoms with Crippen LogP contribution in [-0.4, -0.2) is 11.2 Å². The number of thiophene rings is 1. The standard InChI is InChI=1S/C15H16BrNOS/c1-10-8-14(19-11(10)2)15(18)17-13(9-16)12-6-4-3-5-7-12/h3-8,13H,9H2,1-2H3,(H,17,18). The van der Waals surface area contributed by atoms with Gasteiger partial charge in [0.1, 0.15) is 0 Å². The van der Waals surface area contributed by atoms with E-state index in [1.54, 1.807) is 11.3 Å². The molecule has 0 aliphatic heterocycles. The molecule has 0 saturated heterocycles. The molecule has 19 heavy (non-hydrogen) atoms. The number of benzene rings is 1. The van der Waals surface area contributed by atoms with Gasteiger partial charge in [-0.15, -0.1) is 11.3 Å². The van der Waals surface area contributed by atoms with Crippen molar-refractivity contribution >= 4 is 33.2 Å². The average Bonchev–Trinajstić information content (AvgIpc) is 2.77. The van der Waals surface area contributed by atoms with E-state index in [2.05, 4.69) is 21.2 Å². The van der Waals surface area contributed by atoms with Crippen molar-refractivity contribution in [3.8, 4) is 0 Å². The zero-order valence-electron chi connectivity index (χ0n) is 10.9. The van der Waals surface area contributed by atoms with Crippen LogP contribution in [0.25, 0.3) is 0 Å². The second kappa shape index (κ2) is 6.35. The summed E-state index contributed by atoms with van der Waals surface area (Å²) in [4.78, 5) is 14.2. The number of carbonyl (C=O) groups excluding carboxylic acids is 1. The van der Waals surface area contributed by atoms with Gasteiger partial charge in [0.25, 0.3) is 5.91 Å². The smallest absolute Gasteiger partial charge is 0.261 e. The van der Waals surface area contributed by atoms with E-state index < -0.39 is 0 Å². The zero-order chi connectivity index (χ0) is 13.8. The van der Waals surface area contributed by atoms with E-state index in [9.17, 15) is 4.79 Å². The number of hydrogen-bond donors (Lipinski definition) is 1. The highest BCUT2D eigenvalue weighted by atomic mass is 79.9. The molecule has 1 amide bonds. The van der Waals surface area contributed by atoms with Crippen LogP contribution in [0.2, 0.25) is 0 Å². The maximum atomic E-state index is 12.2. The highest BCUT2D eigenvalue weighted by molar-refractivity contribution is 9.09. The Hall–Kier alpha value is -1.13. The van der Waals surface area contributed by atoms with E-state index >= 15 is 0 Å². The van der Waals surface area contributed by atoms with Crippen molar-refractivity contribution in [3.63, 3.8) is 0 Å². The molecule has 0 fully saturated rings. The lowest BCUT2D eigenvalue weighted by molar-refractivity contribution is 0.0945. The molecule has 1 N–H and O–H groups in total. The molecule has 0 spiro atoms. The van der Waals surface area contributed by atoms with Gasteiger partial charge in [-0.1, -0.05) is 46.3 Å². The van der Waals surface area contributed by atoms with Crippen LogP contribution in [0.4, 0.5) is 0 Å². The molecule has 2 rings (SSSR count). The van der Waals surface area contributed by atoms with Crippen LogP contribution in [0, 0.1) is 13.8 Å². The third-order valence-corrected chi connectivity index (χ3v) is 4.85. The predicted octanol–water partition coefficient (Wildman–Crippen LogP) is 4.23. The van der Waals surface area contributed by atoms with Crippen molar-refractivity contribution in [3.05, 3.63) is 57.3 Å². The lowest BCUT2D eigenvalue weighted by Gasteiger charge is -2.16. The van der Waals surface area contributed by atoms with Crippen LogP contribution in [0.3, 0.4) is 0 Å². The largest absolute Gasteiger partial charge is 0.344 e. The minimum absolute atomic E-state index is 0.00332. The van der Waals surface area contributed by atoms with Gasteiger partial charge in [-0.2, -0.15) is 0 Å². The minimum atomic E-state index is -0.00509. The van der Waals surface area contributed by atoms with Gasteiger partial charge in [-0.3, -0.25) is 4.79 Å². The Morgan fingerprint density at radius 3 is 2.53 bits per heavy atom. The zero-order valence-corrected chi connectivity index (χ0v) is 13.3. The summed E-state index contributed by atoms with van der Waals surface area (Å²) in [6, 6.07) is 11.9. The van der Waals surface area contributed by atoms with Gasteiger partial charge in [0, 0.05) is 10.2 Å². The molecule has 2 aromatic rings. The topological polar surface area (TPSA) is 29.1 Å². The fourth-order valence-electron chi connectivity index (χ4n) is 1.81. The van der Waals surface area contributed by atoms with Gasteiger partial charge in [0.2, 0.25) is 0 Å². The summed E-state index contributed by atoms with van der Waals surface area (Å²) < 4.78 is 0. The number of nitrogens with one attached hydrogen (secondary N) is 1. The Kier molecular flexibility index (Phi) is 4.77. The van der Waals surface area contributed by atoms with Crippen molar-refractivity contribution in [1.82, 2.24) is 5.32 Å². The minimum Gasteiger partial charge on any atom is -0.344 e. The van der Waals surface area contributed by atoms with Gasteiger partial charge in [-0.05, 0) is 31.0 Å². The molecule has 1 aromatic carbocycles. The summed E-state index contributed by atoms with van der Waals surface area (Å²) in [5.74, 6) is -0.00509. The fraction of sp³-hybridized carbons (Fsp3) is 0.267. The lowest BCUT2D eigenvalue weighted by atomic mass is 10.1. The van der Waals surface area contributed by atoms with Crippen molar-refractivity contribution < 1.29 is 4.79 Å². The molecule has 1 aromatic heterocycles. The van der Waals surface area contributed by atoms with Crippen molar-refractivity contribution in [1.29, 1.82) is 0 Å². The SMILES string of the molecule is Cc1cc(C(=O)NC(CBr)c2ccccc2)sc1C. The van der Waals surface area contributed by atoms with Crippen LogP contribution in [-0.2, 0) is 0 Å². The number of aryl methyl sites for hydroxylation is 2. The van der Waals surface area contributed by atoms with E-state index in [1.165, 1.54) is 10.4 Å². The Balaban J connectivity index is 2.13. The molecular weight excluding hydrogens is 322 g/mol. The number of hydrogen-bond acceptors (Lipinski definition) is 2. The molecule has 0 bridgehead atoms. The highest BCUT2D eigenvalue weighted by Gasteiger charge is 2.16. The second-order valence-corrected chi connectivity index (χ2v) is 6.34. The molecule has 4 heteroatoms. The number of alkyl halides is 1. The Morgan fingerprint density at radius 2 is 2.00 bits per heavy atom. The van der Waals surface area contributed by atoms with Gasteiger partial charge in [0.15, 0.2) is 0 Å². The van der Waals surface area contributed by atoms with E-state index in [0.717, 1.165) is 10.4 Å². The van der Waals surface area contributed by atoms with Crippen LogP contribution in [0.1, 0.15) is 31.7 Å². The highest BCUT2D eigenvalue weighted by Crippen LogP contribution is 2.22. The van der Waals surface area contributed by atoms with E-state index in [4.69, 9.17) is 0 Å². The van der Waals surface area contributed by atoms with Gasteiger partial charge >= 0.3 is 0 Å². The second-order valence-electron chi connectivity index (χ2n) is 4.44. The maximum absolute atomic E-state index is 12.2. The molecule has 0 aliphatic carbocycles. The summed E-state index contributed by atoms with van der Waals surface area (Å²) >= 11 is 5.00. The van der Waals surface area contributed by atoms with E-state index in [0.29, 0.717) is 5.33 Å². The Morgan fingerprint density at radius 1 is 1.32 bits per heavy atom. The maximum Gasteiger partial charge on any atom is 0.261 e. The van der Waals surface area contributed by atoms with Crippen LogP contribution < -0.4 is 5.32 Å². The first-order chi connectivity index (χ1) is 9.11. The molecule has 1 heterocycles.